The molecule has 0 radical (unpaired) electrons. The van der Waals surface area contributed by atoms with E-state index in [1.54, 1.807) is 0 Å². The highest BCUT2D eigenvalue weighted by Crippen LogP contribution is 2.32. The van der Waals surface area contributed by atoms with Gasteiger partial charge in [-0.05, 0) is 44.2 Å². The van der Waals surface area contributed by atoms with E-state index in [1.807, 2.05) is 0 Å². The molecule has 0 aromatic heterocycles. The van der Waals surface area contributed by atoms with E-state index in [0.717, 1.165) is 6.42 Å². The van der Waals surface area contributed by atoms with Crippen molar-refractivity contribution in [3.8, 4) is 0 Å². The lowest BCUT2D eigenvalue weighted by molar-refractivity contribution is 0.472. The van der Waals surface area contributed by atoms with Crippen molar-refractivity contribution in [2.45, 2.75) is 45.1 Å². The average molecular weight is 232 g/mol. The van der Waals surface area contributed by atoms with Crippen LogP contribution < -0.4 is 10.6 Å². The molecule has 0 saturated carbocycles. The molecule has 94 valence electrons. The van der Waals surface area contributed by atoms with Crippen molar-refractivity contribution >= 4 is 5.69 Å². The molecular weight excluding hydrogens is 208 g/mol. The van der Waals surface area contributed by atoms with Crippen LogP contribution in [0.4, 0.5) is 5.69 Å². The third kappa shape index (κ3) is 2.63. The van der Waals surface area contributed by atoms with Crippen LogP contribution in [0.2, 0.25) is 0 Å². The highest BCUT2D eigenvalue weighted by Gasteiger charge is 2.24. The van der Waals surface area contributed by atoms with Gasteiger partial charge in [-0.25, -0.2) is 0 Å². The summed E-state index contributed by atoms with van der Waals surface area (Å²) in [5.74, 6) is 0. The van der Waals surface area contributed by atoms with Crippen LogP contribution in [0.1, 0.15) is 45.1 Å². The largest absolute Gasteiger partial charge is 0.371 e. The second kappa shape index (κ2) is 5.09. The first-order valence-electron chi connectivity index (χ1n) is 6.78. The minimum absolute atomic E-state index is 0.214. The number of para-hydroxylation sites is 1. The van der Waals surface area contributed by atoms with Crippen LogP contribution in [0.25, 0.3) is 0 Å². The number of piperidine rings is 1. The smallest absolute Gasteiger partial charge is 0.0417 e. The molecule has 1 aromatic carbocycles. The van der Waals surface area contributed by atoms with Crippen molar-refractivity contribution < 1.29 is 0 Å². The monoisotopic (exact) mass is 232 g/mol. The highest BCUT2D eigenvalue weighted by molar-refractivity contribution is 5.56. The van der Waals surface area contributed by atoms with Gasteiger partial charge in [0.15, 0.2) is 0 Å². The lowest BCUT2D eigenvalue weighted by Gasteiger charge is -2.35. The Morgan fingerprint density at radius 1 is 1.18 bits per heavy atom. The van der Waals surface area contributed by atoms with Crippen LogP contribution in [-0.4, -0.2) is 13.1 Å². The molecule has 2 nitrogen and oxygen atoms in total. The second-order valence-electron chi connectivity index (χ2n) is 5.34. The van der Waals surface area contributed by atoms with Gasteiger partial charge in [0.1, 0.15) is 0 Å². The molecule has 0 aliphatic carbocycles. The van der Waals surface area contributed by atoms with Gasteiger partial charge in [-0.3, -0.25) is 0 Å². The second-order valence-corrected chi connectivity index (χ2v) is 5.34. The summed E-state index contributed by atoms with van der Waals surface area (Å²) >= 11 is 0. The maximum Gasteiger partial charge on any atom is 0.0417 e. The van der Waals surface area contributed by atoms with Gasteiger partial charge < -0.3 is 10.6 Å². The van der Waals surface area contributed by atoms with Crippen molar-refractivity contribution in [2.75, 3.05) is 18.0 Å². The predicted octanol–water partition coefficient (Wildman–Crippen LogP) is 3.26. The van der Waals surface area contributed by atoms with Crippen LogP contribution >= 0.6 is 0 Å². The fourth-order valence-electron chi connectivity index (χ4n) is 2.56. The number of anilines is 1. The molecule has 2 rings (SSSR count). The van der Waals surface area contributed by atoms with Gasteiger partial charge in [0, 0.05) is 24.3 Å². The zero-order valence-corrected chi connectivity index (χ0v) is 11.1. The van der Waals surface area contributed by atoms with E-state index >= 15 is 0 Å². The predicted molar refractivity (Wildman–Crippen MR) is 74.3 cm³/mol. The van der Waals surface area contributed by atoms with Crippen molar-refractivity contribution in [3.05, 3.63) is 29.8 Å². The third-order valence-electron chi connectivity index (χ3n) is 3.95. The first-order valence-corrected chi connectivity index (χ1v) is 6.78. The van der Waals surface area contributed by atoms with E-state index in [0.29, 0.717) is 0 Å². The Hall–Kier alpha value is -1.02. The maximum absolute atomic E-state index is 6.42. The summed E-state index contributed by atoms with van der Waals surface area (Å²) in [6.45, 7) is 6.65. The van der Waals surface area contributed by atoms with Crippen molar-refractivity contribution in [3.63, 3.8) is 0 Å². The fraction of sp³-hybridized carbons (Fsp3) is 0.600. The van der Waals surface area contributed by atoms with E-state index < -0.39 is 0 Å². The average Bonchev–Trinajstić information content (AvgIpc) is 2.40. The maximum atomic E-state index is 6.42. The minimum atomic E-state index is -0.214. The minimum Gasteiger partial charge on any atom is -0.371 e. The summed E-state index contributed by atoms with van der Waals surface area (Å²) in [5, 5.41) is 0. The summed E-state index contributed by atoms with van der Waals surface area (Å²) < 4.78 is 0. The molecule has 1 unspecified atom stereocenters. The molecule has 2 heteroatoms. The summed E-state index contributed by atoms with van der Waals surface area (Å²) in [7, 11) is 0. The molecule has 1 aliphatic rings. The van der Waals surface area contributed by atoms with Crippen molar-refractivity contribution in [1.29, 1.82) is 0 Å². The molecule has 0 spiro atoms. The van der Waals surface area contributed by atoms with Gasteiger partial charge >= 0.3 is 0 Å². The molecule has 0 amide bonds. The van der Waals surface area contributed by atoms with E-state index in [-0.39, 0.29) is 5.54 Å². The topological polar surface area (TPSA) is 29.3 Å². The first-order chi connectivity index (χ1) is 8.15. The SMILES string of the molecule is CCC(C)(N)c1ccccc1N1CCCCC1. The molecular formula is C15H24N2. The van der Waals surface area contributed by atoms with Crippen LogP contribution in [0.5, 0.6) is 0 Å². The van der Waals surface area contributed by atoms with Crippen LogP contribution in [0.15, 0.2) is 24.3 Å². The van der Waals surface area contributed by atoms with Gasteiger partial charge in [0.25, 0.3) is 0 Å². The molecule has 1 aliphatic heterocycles. The molecule has 1 atom stereocenters. The van der Waals surface area contributed by atoms with Crippen molar-refractivity contribution in [1.82, 2.24) is 0 Å². The molecule has 1 heterocycles. The molecule has 17 heavy (non-hydrogen) atoms. The van der Waals surface area contributed by atoms with Crippen LogP contribution in [-0.2, 0) is 5.54 Å². The Bertz CT molecular complexity index is 365. The van der Waals surface area contributed by atoms with E-state index in [1.165, 1.54) is 43.6 Å². The number of nitrogens with zero attached hydrogens (tertiary/aromatic N) is 1. The Balaban J connectivity index is 2.33. The Morgan fingerprint density at radius 2 is 1.82 bits per heavy atom. The Labute approximate surface area is 105 Å². The third-order valence-corrected chi connectivity index (χ3v) is 3.95. The number of benzene rings is 1. The molecule has 0 bridgehead atoms. The molecule has 1 saturated heterocycles. The van der Waals surface area contributed by atoms with E-state index in [4.69, 9.17) is 5.73 Å². The van der Waals surface area contributed by atoms with Crippen molar-refractivity contribution in [2.24, 2.45) is 5.73 Å². The fourth-order valence-corrected chi connectivity index (χ4v) is 2.56. The number of rotatable bonds is 3. The number of hydrogen-bond donors (Lipinski definition) is 1. The Kier molecular flexibility index (Phi) is 3.72. The summed E-state index contributed by atoms with van der Waals surface area (Å²) in [5.41, 5.74) is 8.85. The van der Waals surface area contributed by atoms with Gasteiger partial charge in [-0.15, -0.1) is 0 Å². The lowest BCUT2D eigenvalue weighted by Crippen LogP contribution is -2.37. The van der Waals surface area contributed by atoms with Gasteiger partial charge in [0.05, 0.1) is 0 Å². The summed E-state index contributed by atoms with van der Waals surface area (Å²) in [6.07, 6.45) is 4.95. The number of nitrogens with two attached hydrogens (primary N) is 1. The van der Waals surface area contributed by atoms with Gasteiger partial charge in [-0.1, -0.05) is 25.1 Å². The first kappa shape index (κ1) is 12.4. The zero-order chi connectivity index (χ0) is 12.3. The standard InChI is InChI=1S/C15H24N2/c1-3-15(2,16)13-9-5-6-10-14(13)17-11-7-4-8-12-17/h5-6,9-10H,3-4,7-8,11-12,16H2,1-2H3. The summed E-state index contributed by atoms with van der Waals surface area (Å²) in [6, 6.07) is 8.64. The molecule has 1 fully saturated rings. The van der Waals surface area contributed by atoms with Crippen LogP contribution in [0, 0.1) is 0 Å². The lowest BCUT2D eigenvalue weighted by atomic mass is 9.88. The Morgan fingerprint density at radius 3 is 2.47 bits per heavy atom. The van der Waals surface area contributed by atoms with Crippen LogP contribution in [0.3, 0.4) is 0 Å². The number of hydrogen-bond acceptors (Lipinski definition) is 2. The highest BCUT2D eigenvalue weighted by atomic mass is 15.1. The van der Waals surface area contributed by atoms with E-state index in [9.17, 15) is 0 Å². The zero-order valence-electron chi connectivity index (χ0n) is 11.1. The quantitative estimate of drug-likeness (QED) is 0.866. The van der Waals surface area contributed by atoms with Gasteiger partial charge in [-0.2, -0.15) is 0 Å². The van der Waals surface area contributed by atoms with E-state index in [2.05, 4.69) is 43.0 Å². The summed E-state index contributed by atoms with van der Waals surface area (Å²) in [4.78, 5) is 2.50. The molecule has 2 N–H and O–H groups in total. The molecule has 1 aromatic rings. The normalized spacial score (nSPS) is 20.1. The van der Waals surface area contributed by atoms with Gasteiger partial charge in [0.2, 0.25) is 0 Å².